The van der Waals surface area contributed by atoms with E-state index in [4.69, 9.17) is 14.5 Å². The summed E-state index contributed by atoms with van der Waals surface area (Å²) in [6.07, 6.45) is 1.17. The normalized spacial score (nSPS) is 11.5. The largest absolute Gasteiger partial charge is 0.512 e. The Labute approximate surface area is 221 Å². The van der Waals surface area contributed by atoms with Crippen LogP contribution in [-0.4, -0.2) is 15.9 Å². The van der Waals surface area contributed by atoms with Crippen molar-refractivity contribution in [3.8, 4) is 22.6 Å². The van der Waals surface area contributed by atoms with Gasteiger partial charge in [0.25, 0.3) is 0 Å². The summed E-state index contributed by atoms with van der Waals surface area (Å²) in [4.78, 5) is 14.8. The number of aliphatic hydroxyl groups excluding tert-OH is 1. The molecule has 0 saturated heterocycles. The Morgan fingerprint density at radius 2 is 1.69 bits per heavy atom. The molecule has 2 aromatic carbocycles. The predicted molar refractivity (Wildman–Crippen MR) is 139 cm³/mol. The fourth-order valence-electron chi connectivity index (χ4n) is 3.69. The van der Waals surface area contributed by atoms with E-state index in [9.17, 15) is 4.79 Å². The van der Waals surface area contributed by atoms with Gasteiger partial charge in [0.2, 0.25) is 5.71 Å². The number of pyridine rings is 1. The molecule has 4 aromatic rings. The van der Waals surface area contributed by atoms with Gasteiger partial charge in [0, 0.05) is 42.7 Å². The van der Waals surface area contributed by atoms with Gasteiger partial charge in [-0.3, -0.25) is 9.78 Å². The molecule has 4 nitrogen and oxygen atoms in total. The second kappa shape index (κ2) is 11.6. The molecular formula is C30H32IrNO3-. The van der Waals surface area contributed by atoms with Gasteiger partial charge in [0.05, 0.1) is 5.76 Å². The number of benzene rings is 2. The fraction of sp³-hybridized carbons (Fsp3) is 0.267. The number of carbonyl (C=O) groups is 1. The van der Waals surface area contributed by atoms with Gasteiger partial charge in [-0.1, -0.05) is 70.2 Å². The monoisotopic (exact) mass is 647 g/mol. The average Bonchev–Trinajstić information content (AvgIpc) is 3.09. The number of rotatable bonds is 3. The van der Waals surface area contributed by atoms with Crippen molar-refractivity contribution in [2.45, 2.75) is 53.9 Å². The molecule has 0 unspecified atom stereocenters. The Hall–Kier alpha value is -3.01. The Kier molecular flexibility index (Phi) is 9.37. The summed E-state index contributed by atoms with van der Waals surface area (Å²) in [5.41, 5.74) is 7.28. The third kappa shape index (κ3) is 7.24. The van der Waals surface area contributed by atoms with Gasteiger partial charge in [0.1, 0.15) is 5.76 Å². The van der Waals surface area contributed by atoms with Crippen molar-refractivity contribution in [3.63, 3.8) is 0 Å². The maximum Gasteiger partial charge on any atom is 0.218 e. The summed E-state index contributed by atoms with van der Waals surface area (Å²) in [5, 5.41) is 9.42. The number of hydrogen-bond donors (Lipinski definition) is 1. The molecule has 0 spiro atoms. The molecule has 0 aliphatic heterocycles. The van der Waals surface area contributed by atoms with Crippen molar-refractivity contribution in [3.05, 3.63) is 89.2 Å². The van der Waals surface area contributed by atoms with Crippen LogP contribution in [0, 0.1) is 19.9 Å². The zero-order chi connectivity index (χ0) is 25.0. The van der Waals surface area contributed by atoms with Gasteiger partial charge in [-0.05, 0) is 31.9 Å². The van der Waals surface area contributed by atoms with E-state index in [0.29, 0.717) is 5.71 Å². The molecule has 1 radical (unpaired) electrons. The van der Waals surface area contributed by atoms with Crippen molar-refractivity contribution in [2.24, 2.45) is 0 Å². The van der Waals surface area contributed by atoms with Crippen molar-refractivity contribution in [2.75, 3.05) is 0 Å². The summed E-state index contributed by atoms with van der Waals surface area (Å²) >= 11 is 0. The number of aromatic nitrogens is 1. The quantitative estimate of drug-likeness (QED) is 0.140. The molecule has 185 valence electrons. The molecule has 0 aliphatic carbocycles. The SMILES string of the molecule is CC(=O)/C=C(/C)O.Cc1[c-]c(-c2ccc3c(C)c(-c4ccccc4)oc3n2)cc(C(C)(C)C)c1.[Ir]. The number of aryl methyl sites for hydroxylation is 2. The summed E-state index contributed by atoms with van der Waals surface area (Å²) in [6, 6.07) is 22.2. The number of aliphatic hydroxyl groups is 1. The number of allylic oxidation sites excluding steroid dienone is 2. The maximum atomic E-state index is 10.0. The van der Waals surface area contributed by atoms with Crippen LogP contribution in [0.3, 0.4) is 0 Å². The van der Waals surface area contributed by atoms with Crippen molar-refractivity contribution in [1.82, 2.24) is 4.98 Å². The number of furan rings is 1. The number of nitrogens with zero attached hydrogens (tertiary/aromatic N) is 1. The molecule has 0 bridgehead atoms. The first-order chi connectivity index (χ1) is 16.0. The molecule has 2 aromatic heterocycles. The van der Waals surface area contributed by atoms with Crippen LogP contribution in [-0.2, 0) is 30.3 Å². The van der Waals surface area contributed by atoms with Crippen LogP contribution >= 0.6 is 0 Å². The molecule has 1 N–H and O–H groups in total. The molecule has 0 aliphatic rings. The van der Waals surface area contributed by atoms with Crippen LogP contribution < -0.4 is 0 Å². The van der Waals surface area contributed by atoms with Gasteiger partial charge >= 0.3 is 0 Å². The zero-order valence-corrected chi connectivity index (χ0v) is 23.7. The van der Waals surface area contributed by atoms with Crippen LogP contribution in [0.25, 0.3) is 33.7 Å². The van der Waals surface area contributed by atoms with E-state index in [1.165, 1.54) is 25.5 Å². The first-order valence-corrected chi connectivity index (χ1v) is 11.3. The average molecular weight is 647 g/mol. The first-order valence-electron chi connectivity index (χ1n) is 11.3. The van der Waals surface area contributed by atoms with Gasteiger partial charge in [-0.25, -0.2) is 0 Å². The minimum atomic E-state index is -0.125. The van der Waals surface area contributed by atoms with Crippen LogP contribution in [0.2, 0.25) is 0 Å². The van der Waals surface area contributed by atoms with Crippen LogP contribution in [0.1, 0.15) is 51.3 Å². The first kappa shape index (κ1) is 28.2. The standard InChI is InChI=1S/C25H24NO.C5H8O2.Ir/c1-16-13-19(15-20(14-16)25(3,4)5)22-12-11-21-17(2)23(27-24(21)26-22)18-9-7-6-8-10-18;1-4(6)3-5(2)7;/h6-12,14-15H,1-5H3;3,6H,1-2H3;/q-1;;/b;4-3-;. The third-order valence-electron chi connectivity index (χ3n) is 5.40. The number of fused-ring (bicyclic) bond motifs is 1. The van der Waals surface area contributed by atoms with E-state index in [1.807, 2.05) is 18.2 Å². The molecule has 0 fully saturated rings. The van der Waals surface area contributed by atoms with Crippen molar-refractivity contribution in [1.29, 1.82) is 0 Å². The molecule has 0 amide bonds. The van der Waals surface area contributed by atoms with Crippen LogP contribution in [0.15, 0.2) is 70.8 Å². The summed E-state index contributed by atoms with van der Waals surface area (Å²) in [6.45, 7) is 13.7. The molecule has 35 heavy (non-hydrogen) atoms. The third-order valence-corrected chi connectivity index (χ3v) is 5.40. The van der Waals surface area contributed by atoms with Crippen LogP contribution in [0.4, 0.5) is 0 Å². The summed E-state index contributed by atoms with van der Waals surface area (Å²) in [7, 11) is 0. The van der Waals surface area contributed by atoms with E-state index >= 15 is 0 Å². The van der Waals surface area contributed by atoms with E-state index in [1.54, 1.807) is 0 Å². The molecule has 2 heterocycles. The fourth-order valence-corrected chi connectivity index (χ4v) is 3.69. The Morgan fingerprint density at radius 1 is 1.03 bits per heavy atom. The van der Waals surface area contributed by atoms with Gasteiger partial charge < -0.3 is 9.52 Å². The minimum Gasteiger partial charge on any atom is -0.512 e. The van der Waals surface area contributed by atoms with E-state index in [2.05, 4.69) is 77.1 Å². The van der Waals surface area contributed by atoms with Crippen LogP contribution in [0.5, 0.6) is 0 Å². The Morgan fingerprint density at radius 3 is 2.23 bits per heavy atom. The molecule has 4 rings (SSSR count). The maximum absolute atomic E-state index is 10.0. The molecule has 0 atom stereocenters. The van der Waals surface area contributed by atoms with E-state index in [0.717, 1.165) is 39.1 Å². The van der Waals surface area contributed by atoms with Crippen molar-refractivity contribution < 1.29 is 34.4 Å². The topological polar surface area (TPSA) is 63.3 Å². The number of ketones is 1. The van der Waals surface area contributed by atoms with Gasteiger partial charge in [0.15, 0.2) is 5.78 Å². The number of hydrogen-bond acceptors (Lipinski definition) is 4. The molecule has 5 heteroatoms. The zero-order valence-electron chi connectivity index (χ0n) is 21.3. The van der Waals surface area contributed by atoms with E-state index < -0.39 is 0 Å². The van der Waals surface area contributed by atoms with E-state index in [-0.39, 0.29) is 37.1 Å². The predicted octanol–water partition coefficient (Wildman–Crippen LogP) is 7.91. The Balaban J connectivity index is 0.000000476. The van der Waals surface area contributed by atoms with Gasteiger partial charge in [-0.15, -0.1) is 34.9 Å². The summed E-state index contributed by atoms with van der Waals surface area (Å²) < 4.78 is 6.15. The smallest absolute Gasteiger partial charge is 0.218 e. The summed E-state index contributed by atoms with van der Waals surface area (Å²) in [5.74, 6) is 0.825. The second-order valence-corrected chi connectivity index (χ2v) is 9.58. The Bertz CT molecular complexity index is 1340. The minimum absolute atomic E-state index is 0. The van der Waals surface area contributed by atoms with Crippen molar-refractivity contribution >= 4 is 16.9 Å². The molecular weight excluding hydrogens is 615 g/mol. The molecule has 0 saturated carbocycles. The van der Waals surface area contributed by atoms with Gasteiger partial charge in [-0.2, -0.15) is 0 Å². The second-order valence-electron chi connectivity index (χ2n) is 9.58. The number of carbonyl (C=O) groups excluding carboxylic acids is 1.